The van der Waals surface area contributed by atoms with Crippen LogP contribution >= 0.6 is 0 Å². The largest absolute Gasteiger partial charge is 0.396 e. The van der Waals surface area contributed by atoms with Gasteiger partial charge < -0.3 is 10.1 Å². The molecule has 0 bridgehead atoms. The second kappa shape index (κ2) is 8.07. The number of aromatic amines is 1. The van der Waals surface area contributed by atoms with E-state index in [1.807, 2.05) is 0 Å². The van der Waals surface area contributed by atoms with Crippen molar-refractivity contribution in [2.45, 2.75) is 45.4 Å². The fraction of sp³-hybridized carbons (Fsp3) is 0.643. The molecule has 0 amide bonds. The minimum Gasteiger partial charge on any atom is -0.396 e. The maximum atomic E-state index is 10.6. The van der Waals surface area contributed by atoms with Gasteiger partial charge in [-0.15, -0.1) is 0 Å². The molecule has 96 valence electrons. The van der Waals surface area contributed by atoms with E-state index in [1.165, 1.54) is 32.1 Å². The molecular weight excluding hydrogens is 214 g/mol. The Bertz CT molecular complexity index is 350. The number of aliphatic hydroxyl groups is 1. The van der Waals surface area contributed by atoms with Crippen LogP contribution in [0.4, 0.5) is 0 Å². The number of nitrogens with one attached hydrogen (secondary N) is 1. The molecule has 1 heterocycles. The van der Waals surface area contributed by atoms with Gasteiger partial charge in [-0.3, -0.25) is 4.79 Å². The summed E-state index contributed by atoms with van der Waals surface area (Å²) >= 11 is 0. The van der Waals surface area contributed by atoms with Gasteiger partial charge in [0.1, 0.15) is 0 Å². The van der Waals surface area contributed by atoms with Crippen molar-refractivity contribution in [1.29, 1.82) is 0 Å². The molecule has 1 aliphatic carbocycles. The number of hydrogen-bond donors (Lipinski definition) is 2. The third-order valence-corrected chi connectivity index (χ3v) is 3.28. The summed E-state index contributed by atoms with van der Waals surface area (Å²) in [6.45, 7) is 2.17. The van der Waals surface area contributed by atoms with Crippen molar-refractivity contribution in [2.75, 3.05) is 6.61 Å². The summed E-state index contributed by atoms with van der Waals surface area (Å²) < 4.78 is 0. The lowest BCUT2D eigenvalue weighted by Gasteiger charge is -2.19. The van der Waals surface area contributed by atoms with E-state index in [0.717, 1.165) is 17.9 Å². The molecule has 2 N–H and O–H groups in total. The molecule has 3 heteroatoms. The minimum absolute atomic E-state index is 0.00694. The van der Waals surface area contributed by atoms with Crippen LogP contribution in [0.1, 0.15) is 44.1 Å². The van der Waals surface area contributed by atoms with Gasteiger partial charge in [0.05, 0.1) is 0 Å². The molecule has 3 nitrogen and oxygen atoms in total. The summed E-state index contributed by atoms with van der Waals surface area (Å²) in [6, 6.07) is 3.58. The Hall–Kier alpha value is -1.09. The van der Waals surface area contributed by atoms with Gasteiger partial charge in [0.15, 0.2) is 0 Å². The Balaban J connectivity index is 0.000000171. The standard InChI is InChI=1S/C8H16O.C6H7NO/c9-7-6-8-4-2-1-3-5-8;1-5-3-2-4-7-6(5)8/h8-9H,1-7H2;2-4H,1H3,(H,7,8). The Labute approximate surface area is 103 Å². The second-order valence-electron chi connectivity index (χ2n) is 4.70. The smallest absolute Gasteiger partial charge is 0.250 e. The van der Waals surface area contributed by atoms with Gasteiger partial charge in [-0.1, -0.05) is 38.2 Å². The first-order valence-electron chi connectivity index (χ1n) is 6.49. The number of pyridine rings is 1. The van der Waals surface area contributed by atoms with Crippen LogP contribution in [0.15, 0.2) is 23.1 Å². The van der Waals surface area contributed by atoms with Gasteiger partial charge in [-0.25, -0.2) is 0 Å². The molecule has 0 radical (unpaired) electrons. The van der Waals surface area contributed by atoms with Gasteiger partial charge >= 0.3 is 0 Å². The van der Waals surface area contributed by atoms with Crippen molar-refractivity contribution in [3.05, 3.63) is 34.2 Å². The first-order chi connectivity index (χ1) is 8.24. The lowest BCUT2D eigenvalue weighted by Crippen LogP contribution is -2.07. The van der Waals surface area contributed by atoms with E-state index in [2.05, 4.69) is 4.98 Å². The number of H-pyrrole nitrogens is 1. The van der Waals surface area contributed by atoms with E-state index in [-0.39, 0.29) is 5.56 Å². The van der Waals surface area contributed by atoms with Crippen molar-refractivity contribution in [2.24, 2.45) is 5.92 Å². The van der Waals surface area contributed by atoms with Crippen LogP contribution in [0.3, 0.4) is 0 Å². The molecule has 0 unspecified atom stereocenters. The second-order valence-corrected chi connectivity index (χ2v) is 4.70. The van der Waals surface area contributed by atoms with Crippen molar-refractivity contribution in [1.82, 2.24) is 4.98 Å². The molecule has 1 fully saturated rings. The summed E-state index contributed by atoms with van der Waals surface area (Å²) in [5.41, 5.74) is 0.750. The van der Waals surface area contributed by atoms with E-state index < -0.39 is 0 Å². The maximum absolute atomic E-state index is 10.6. The van der Waals surface area contributed by atoms with Gasteiger partial charge in [-0.05, 0) is 25.3 Å². The van der Waals surface area contributed by atoms with Crippen molar-refractivity contribution in [3.63, 3.8) is 0 Å². The molecule has 2 rings (SSSR count). The highest BCUT2D eigenvalue weighted by Crippen LogP contribution is 2.25. The molecule has 1 aromatic rings. The zero-order chi connectivity index (χ0) is 12.5. The molecule has 0 spiro atoms. The van der Waals surface area contributed by atoms with Gasteiger partial charge in [0.25, 0.3) is 5.56 Å². The highest BCUT2D eigenvalue weighted by molar-refractivity contribution is 5.05. The van der Waals surface area contributed by atoms with E-state index in [9.17, 15) is 4.79 Å². The van der Waals surface area contributed by atoms with Crippen LogP contribution in [0.2, 0.25) is 0 Å². The lowest BCUT2D eigenvalue weighted by molar-refractivity contribution is 0.230. The Kier molecular flexibility index (Phi) is 6.63. The maximum Gasteiger partial charge on any atom is 0.250 e. The van der Waals surface area contributed by atoms with Crippen molar-refractivity contribution >= 4 is 0 Å². The van der Waals surface area contributed by atoms with Gasteiger partial charge in [-0.2, -0.15) is 0 Å². The van der Waals surface area contributed by atoms with Gasteiger partial charge in [0.2, 0.25) is 0 Å². The first kappa shape index (κ1) is 14.0. The quantitative estimate of drug-likeness (QED) is 0.830. The monoisotopic (exact) mass is 237 g/mol. The average molecular weight is 237 g/mol. The number of aliphatic hydroxyl groups excluding tert-OH is 1. The molecule has 17 heavy (non-hydrogen) atoms. The highest BCUT2D eigenvalue weighted by atomic mass is 16.3. The molecule has 0 aliphatic heterocycles. The summed E-state index contributed by atoms with van der Waals surface area (Å²) in [4.78, 5) is 13.1. The lowest BCUT2D eigenvalue weighted by atomic mass is 9.87. The van der Waals surface area contributed by atoms with Crippen molar-refractivity contribution in [3.8, 4) is 0 Å². The summed E-state index contributed by atoms with van der Waals surface area (Å²) in [5.74, 6) is 0.851. The molecule has 1 aliphatic rings. The van der Waals surface area contributed by atoms with E-state index in [1.54, 1.807) is 25.3 Å². The van der Waals surface area contributed by atoms with Crippen LogP contribution in [0.5, 0.6) is 0 Å². The zero-order valence-electron chi connectivity index (χ0n) is 10.6. The molecule has 0 atom stereocenters. The molecule has 0 saturated heterocycles. The number of hydrogen-bond acceptors (Lipinski definition) is 2. The summed E-state index contributed by atoms with van der Waals surface area (Å²) in [7, 11) is 0. The summed E-state index contributed by atoms with van der Waals surface area (Å²) in [5, 5.41) is 8.62. The normalized spacial score (nSPS) is 16.1. The third-order valence-electron chi connectivity index (χ3n) is 3.28. The summed E-state index contributed by atoms with van der Waals surface area (Å²) in [6.07, 6.45) is 9.59. The minimum atomic E-state index is -0.00694. The number of aryl methyl sites for hydroxylation is 1. The SMILES string of the molecule is Cc1ccc[nH]c1=O.OCCC1CCCCC1. The topological polar surface area (TPSA) is 53.1 Å². The van der Waals surface area contributed by atoms with Crippen LogP contribution in [-0.2, 0) is 0 Å². The fourth-order valence-electron chi connectivity index (χ4n) is 2.16. The number of aromatic nitrogens is 1. The van der Waals surface area contributed by atoms with E-state index >= 15 is 0 Å². The molecule has 1 saturated carbocycles. The van der Waals surface area contributed by atoms with Crippen LogP contribution < -0.4 is 5.56 Å². The van der Waals surface area contributed by atoms with Crippen LogP contribution in [0.25, 0.3) is 0 Å². The van der Waals surface area contributed by atoms with E-state index in [4.69, 9.17) is 5.11 Å². The number of rotatable bonds is 2. The van der Waals surface area contributed by atoms with E-state index in [0.29, 0.717) is 6.61 Å². The molecular formula is C14H23NO2. The first-order valence-corrected chi connectivity index (χ1v) is 6.49. The average Bonchev–Trinajstić information content (AvgIpc) is 2.36. The predicted molar refractivity (Wildman–Crippen MR) is 70.1 cm³/mol. The van der Waals surface area contributed by atoms with Crippen molar-refractivity contribution < 1.29 is 5.11 Å². The highest BCUT2D eigenvalue weighted by Gasteiger charge is 2.11. The molecule has 1 aromatic heterocycles. The van der Waals surface area contributed by atoms with Gasteiger partial charge in [0, 0.05) is 18.4 Å². The third kappa shape index (κ3) is 5.68. The Morgan fingerprint density at radius 3 is 2.53 bits per heavy atom. The Morgan fingerprint density at radius 2 is 2.06 bits per heavy atom. The Morgan fingerprint density at radius 1 is 1.35 bits per heavy atom. The predicted octanol–water partition coefficient (Wildman–Crippen LogP) is 2.63. The zero-order valence-corrected chi connectivity index (χ0v) is 10.6. The molecule has 0 aromatic carbocycles. The van der Waals surface area contributed by atoms with Crippen LogP contribution in [-0.4, -0.2) is 16.7 Å². The fourth-order valence-corrected chi connectivity index (χ4v) is 2.16. The van der Waals surface area contributed by atoms with Crippen LogP contribution in [0, 0.1) is 12.8 Å².